The first-order valence-electron chi connectivity index (χ1n) is 6.78. The molecule has 0 fully saturated rings. The Labute approximate surface area is 123 Å². The fourth-order valence-electron chi connectivity index (χ4n) is 1.85. The molecule has 0 spiro atoms. The number of carbonyl (C=O) groups excluding carboxylic acids is 1. The van der Waals surface area contributed by atoms with Gasteiger partial charge < -0.3 is 10.1 Å². The molecular formula is C16H19NO2S. The minimum Gasteiger partial charge on any atom is -0.492 e. The van der Waals surface area contributed by atoms with Crippen LogP contribution in [0.15, 0.2) is 41.8 Å². The van der Waals surface area contributed by atoms with Gasteiger partial charge in [0.2, 0.25) is 5.91 Å². The second kappa shape index (κ2) is 7.70. The van der Waals surface area contributed by atoms with E-state index in [2.05, 4.69) is 18.3 Å². The number of ether oxygens (including phenoxy) is 1. The summed E-state index contributed by atoms with van der Waals surface area (Å²) in [6, 6.07) is 12.0. The molecule has 0 aliphatic heterocycles. The van der Waals surface area contributed by atoms with Gasteiger partial charge in [0, 0.05) is 4.88 Å². The van der Waals surface area contributed by atoms with Crippen molar-refractivity contribution in [3.05, 3.63) is 52.2 Å². The van der Waals surface area contributed by atoms with Gasteiger partial charge >= 0.3 is 0 Å². The maximum absolute atomic E-state index is 11.7. The summed E-state index contributed by atoms with van der Waals surface area (Å²) < 4.78 is 5.62. The van der Waals surface area contributed by atoms with E-state index in [-0.39, 0.29) is 5.91 Å². The molecule has 20 heavy (non-hydrogen) atoms. The van der Waals surface area contributed by atoms with Crippen molar-refractivity contribution in [2.75, 3.05) is 13.2 Å². The van der Waals surface area contributed by atoms with E-state index < -0.39 is 0 Å². The Bertz CT molecular complexity index is 537. The summed E-state index contributed by atoms with van der Waals surface area (Å²) in [4.78, 5) is 12.7. The minimum absolute atomic E-state index is 0.0401. The minimum atomic E-state index is 0.0401. The first-order chi connectivity index (χ1) is 9.78. The summed E-state index contributed by atoms with van der Waals surface area (Å²) in [7, 11) is 0. The van der Waals surface area contributed by atoms with Crippen molar-refractivity contribution in [2.24, 2.45) is 0 Å². The Morgan fingerprint density at radius 1 is 1.30 bits per heavy atom. The van der Waals surface area contributed by atoms with Crippen LogP contribution in [-0.4, -0.2) is 19.1 Å². The first-order valence-corrected chi connectivity index (χ1v) is 7.66. The van der Waals surface area contributed by atoms with Gasteiger partial charge in [-0.1, -0.05) is 25.1 Å². The van der Waals surface area contributed by atoms with Crippen molar-refractivity contribution in [2.45, 2.75) is 19.8 Å². The Morgan fingerprint density at radius 3 is 2.95 bits per heavy atom. The van der Waals surface area contributed by atoms with Crippen LogP contribution in [0.25, 0.3) is 0 Å². The largest absolute Gasteiger partial charge is 0.492 e. The van der Waals surface area contributed by atoms with Gasteiger partial charge in [-0.15, -0.1) is 11.3 Å². The quantitative estimate of drug-likeness (QED) is 0.796. The second-order valence-electron chi connectivity index (χ2n) is 4.46. The highest BCUT2D eigenvalue weighted by molar-refractivity contribution is 7.10. The zero-order valence-electron chi connectivity index (χ0n) is 11.6. The van der Waals surface area contributed by atoms with Gasteiger partial charge in [-0.2, -0.15) is 0 Å². The van der Waals surface area contributed by atoms with E-state index in [4.69, 9.17) is 4.74 Å². The van der Waals surface area contributed by atoms with Gasteiger partial charge in [-0.25, -0.2) is 0 Å². The van der Waals surface area contributed by atoms with Gasteiger partial charge in [0.05, 0.1) is 13.0 Å². The number of thiophene rings is 1. The van der Waals surface area contributed by atoms with Gasteiger partial charge in [-0.3, -0.25) is 4.79 Å². The molecule has 0 aliphatic carbocycles. The van der Waals surface area contributed by atoms with Crippen LogP contribution in [0.1, 0.15) is 17.4 Å². The molecular weight excluding hydrogens is 270 g/mol. The third-order valence-corrected chi connectivity index (χ3v) is 3.79. The van der Waals surface area contributed by atoms with Crippen molar-refractivity contribution in [1.29, 1.82) is 0 Å². The third-order valence-electron chi connectivity index (χ3n) is 2.91. The normalized spacial score (nSPS) is 10.2. The number of hydrogen-bond donors (Lipinski definition) is 1. The molecule has 0 atom stereocenters. The zero-order valence-corrected chi connectivity index (χ0v) is 12.4. The smallest absolute Gasteiger partial charge is 0.225 e. The molecule has 1 N–H and O–H groups in total. The number of nitrogens with one attached hydrogen (secondary N) is 1. The fraction of sp³-hybridized carbons (Fsp3) is 0.312. The van der Waals surface area contributed by atoms with Crippen LogP contribution >= 0.6 is 11.3 Å². The van der Waals surface area contributed by atoms with Crippen LogP contribution < -0.4 is 10.1 Å². The van der Waals surface area contributed by atoms with E-state index >= 15 is 0 Å². The van der Waals surface area contributed by atoms with E-state index in [1.165, 1.54) is 5.56 Å². The van der Waals surface area contributed by atoms with Crippen LogP contribution in [0.3, 0.4) is 0 Å². The average molecular weight is 289 g/mol. The van der Waals surface area contributed by atoms with E-state index in [0.29, 0.717) is 19.6 Å². The summed E-state index contributed by atoms with van der Waals surface area (Å²) in [5.41, 5.74) is 1.25. The SMILES string of the molecule is CCc1cccc(OCCNC(=O)Cc2cccs2)c1. The average Bonchev–Trinajstić information content (AvgIpc) is 2.97. The zero-order chi connectivity index (χ0) is 14.2. The molecule has 4 heteroatoms. The number of carbonyl (C=O) groups is 1. The Balaban J connectivity index is 1.67. The molecule has 0 saturated carbocycles. The molecule has 1 amide bonds. The molecule has 0 radical (unpaired) electrons. The van der Waals surface area contributed by atoms with Gasteiger partial charge in [0.15, 0.2) is 0 Å². The van der Waals surface area contributed by atoms with E-state index in [0.717, 1.165) is 17.0 Å². The monoisotopic (exact) mass is 289 g/mol. The number of benzene rings is 1. The lowest BCUT2D eigenvalue weighted by Crippen LogP contribution is -2.29. The number of amides is 1. The van der Waals surface area contributed by atoms with Crippen molar-refractivity contribution < 1.29 is 9.53 Å². The summed E-state index contributed by atoms with van der Waals surface area (Å²) in [5.74, 6) is 0.898. The molecule has 106 valence electrons. The second-order valence-corrected chi connectivity index (χ2v) is 5.49. The van der Waals surface area contributed by atoms with Gasteiger partial charge in [0.1, 0.15) is 12.4 Å². The predicted molar refractivity (Wildman–Crippen MR) is 82.3 cm³/mol. The molecule has 2 rings (SSSR count). The number of rotatable bonds is 7. The first kappa shape index (κ1) is 14.6. The van der Waals surface area contributed by atoms with Crippen LogP contribution in [0.5, 0.6) is 5.75 Å². The lowest BCUT2D eigenvalue weighted by atomic mass is 10.2. The molecule has 0 aliphatic rings. The molecule has 1 aromatic heterocycles. The molecule has 1 aromatic carbocycles. The molecule has 0 saturated heterocycles. The standard InChI is InChI=1S/C16H19NO2S/c1-2-13-5-3-6-14(11-13)19-9-8-17-16(18)12-15-7-4-10-20-15/h3-7,10-11H,2,8-9,12H2,1H3,(H,17,18). The Hall–Kier alpha value is -1.81. The lowest BCUT2D eigenvalue weighted by Gasteiger charge is -2.08. The van der Waals surface area contributed by atoms with Crippen molar-refractivity contribution in [1.82, 2.24) is 5.32 Å². The van der Waals surface area contributed by atoms with Gasteiger partial charge in [-0.05, 0) is 35.6 Å². The van der Waals surface area contributed by atoms with Crippen LogP contribution in [-0.2, 0) is 17.6 Å². The third kappa shape index (κ3) is 4.70. The summed E-state index contributed by atoms with van der Waals surface area (Å²) in [5, 5.41) is 4.84. The van der Waals surface area contributed by atoms with Crippen LogP contribution in [0.2, 0.25) is 0 Å². The number of hydrogen-bond acceptors (Lipinski definition) is 3. The fourth-order valence-corrected chi connectivity index (χ4v) is 2.55. The molecule has 0 unspecified atom stereocenters. The van der Waals surface area contributed by atoms with E-state index in [9.17, 15) is 4.79 Å². The predicted octanol–water partition coefficient (Wildman–Crippen LogP) is 3.05. The van der Waals surface area contributed by atoms with Gasteiger partial charge in [0.25, 0.3) is 0 Å². The molecule has 2 aromatic rings. The molecule has 1 heterocycles. The lowest BCUT2D eigenvalue weighted by molar-refractivity contribution is -0.120. The van der Waals surface area contributed by atoms with Crippen molar-refractivity contribution in [3.8, 4) is 5.75 Å². The molecule has 0 bridgehead atoms. The maximum Gasteiger partial charge on any atom is 0.225 e. The number of aryl methyl sites for hydroxylation is 1. The van der Waals surface area contributed by atoms with Crippen molar-refractivity contribution in [3.63, 3.8) is 0 Å². The highest BCUT2D eigenvalue weighted by atomic mass is 32.1. The highest BCUT2D eigenvalue weighted by Gasteiger charge is 2.03. The molecule has 3 nitrogen and oxygen atoms in total. The topological polar surface area (TPSA) is 38.3 Å². The van der Waals surface area contributed by atoms with Crippen molar-refractivity contribution >= 4 is 17.2 Å². The summed E-state index contributed by atoms with van der Waals surface area (Å²) >= 11 is 1.60. The van der Waals surface area contributed by atoms with Crippen LogP contribution in [0.4, 0.5) is 0 Å². The van der Waals surface area contributed by atoms with E-state index in [1.54, 1.807) is 11.3 Å². The maximum atomic E-state index is 11.7. The Kier molecular flexibility index (Phi) is 5.62. The Morgan fingerprint density at radius 2 is 2.20 bits per heavy atom. The summed E-state index contributed by atoms with van der Waals surface area (Å²) in [6.07, 6.45) is 1.44. The highest BCUT2D eigenvalue weighted by Crippen LogP contribution is 2.13. The van der Waals surface area contributed by atoms with E-state index in [1.807, 2.05) is 35.7 Å². The van der Waals surface area contributed by atoms with Crippen LogP contribution in [0, 0.1) is 0 Å². The summed E-state index contributed by atoms with van der Waals surface area (Å²) in [6.45, 7) is 3.13.